The molecule has 0 amide bonds. The van der Waals surface area contributed by atoms with Crippen LogP contribution in [0.3, 0.4) is 0 Å². The number of hydrogen-bond donors (Lipinski definition) is 3. The van der Waals surface area contributed by atoms with E-state index in [0.29, 0.717) is 29.3 Å². The SMILES string of the molecule is COc1ccc(Nc2nc(NC(C)C)nc(NC(C)C)n2)c(OC)c1. The molecule has 8 nitrogen and oxygen atoms in total. The summed E-state index contributed by atoms with van der Waals surface area (Å²) >= 11 is 0. The molecule has 0 radical (unpaired) electrons. The average Bonchev–Trinajstić information content (AvgIpc) is 2.53. The zero-order valence-electron chi connectivity index (χ0n) is 15.5. The minimum absolute atomic E-state index is 0.206. The van der Waals surface area contributed by atoms with Gasteiger partial charge >= 0.3 is 0 Å². The third-order valence-corrected chi connectivity index (χ3v) is 3.13. The molecule has 8 heteroatoms. The Morgan fingerprint density at radius 1 is 0.800 bits per heavy atom. The summed E-state index contributed by atoms with van der Waals surface area (Å²) in [4.78, 5) is 13.2. The van der Waals surface area contributed by atoms with Crippen LogP contribution in [-0.4, -0.2) is 41.3 Å². The molecule has 0 aliphatic rings. The zero-order chi connectivity index (χ0) is 18.4. The van der Waals surface area contributed by atoms with Crippen molar-refractivity contribution in [1.29, 1.82) is 0 Å². The van der Waals surface area contributed by atoms with Crippen molar-refractivity contribution in [1.82, 2.24) is 15.0 Å². The van der Waals surface area contributed by atoms with E-state index in [1.807, 2.05) is 39.8 Å². The number of nitrogens with zero attached hydrogens (tertiary/aromatic N) is 3. The van der Waals surface area contributed by atoms with Crippen molar-refractivity contribution < 1.29 is 9.47 Å². The fraction of sp³-hybridized carbons (Fsp3) is 0.471. The van der Waals surface area contributed by atoms with Crippen LogP contribution >= 0.6 is 0 Å². The minimum Gasteiger partial charge on any atom is -0.497 e. The lowest BCUT2D eigenvalue weighted by Gasteiger charge is -2.15. The lowest BCUT2D eigenvalue weighted by molar-refractivity contribution is 0.395. The summed E-state index contributed by atoms with van der Waals surface area (Å²) in [6.07, 6.45) is 0. The Labute approximate surface area is 148 Å². The number of hydrogen-bond acceptors (Lipinski definition) is 8. The Hall–Kier alpha value is -2.77. The van der Waals surface area contributed by atoms with Crippen molar-refractivity contribution in [3.8, 4) is 11.5 Å². The second-order valence-electron chi connectivity index (χ2n) is 6.10. The summed E-state index contributed by atoms with van der Waals surface area (Å²) in [6.45, 7) is 8.11. The molecule has 0 spiro atoms. The van der Waals surface area contributed by atoms with E-state index in [9.17, 15) is 0 Å². The Balaban J connectivity index is 2.34. The normalized spacial score (nSPS) is 10.7. The highest BCUT2D eigenvalue weighted by Crippen LogP contribution is 2.31. The Kier molecular flexibility index (Phi) is 6.21. The topological polar surface area (TPSA) is 93.2 Å². The summed E-state index contributed by atoms with van der Waals surface area (Å²) in [7, 11) is 3.21. The van der Waals surface area contributed by atoms with E-state index in [4.69, 9.17) is 9.47 Å². The summed E-state index contributed by atoms with van der Waals surface area (Å²) in [6, 6.07) is 5.90. The first kappa shape index (κ1) is 18.6. The standard InChI is InChI=1S/C17H26N6O2/c1-10(2)18-15-21-16(19-11(3)4)23-17(22-15)20-13-8-7-12(24-5)9-14(13)25-6/h7-11H,1-6H3,(H3,18,19,20,21,22,23). The molecule has 2 rings (SSSR count). The van der Waals surface area contributed by atoms with Gasteiger partial charge in [-0.05, 0) is 39.8 Å². The molecule has 0 aliphatic heterocycles. The summed E-state index contributed by atoms with van der Waals surface area (Å²) in [5, 5.41) is 9.58. The van der Waals surface area contributed by atoms with E-state index in [0.717, 1.165) is 5.69 Å². The number of methoxy groups -OCH3 is 2. The number of nitrogens with one attached hydrogen (secondary N) is 3. The van der Waals surface area contributed by atoms with E-state index in [2.05, 4.69) is 30.9 Å². The average molecular weight is 346 g/mol. The maximum atomic E-state index is 5.40. The smallest absolute Gasteiger partial charge is 0.233 e. The van der Waals surface area contributed by atoms with Gasteiger partial charge in [-0.2, -0.15) is 15.0 Å². The first-order chi connectivity index (χ1) is 11.9. The first-order valence-electron chi connectivity index (χ1n) is 8.19. The highest BCUT2D eigenvalue weighted by molar-refractivity contribution is 5.65. The van der Waals surface area contributed by atoms with Crippen molar-refractivity contribution in [2.75, 3.05) is 30.2 Å². The van der Waals surface area contributed by atoms with Crippen LogP contribution in [0.5, 0.6) is 11.5 Å². The lowest BCUT2D eigenvalue weighted by atomic mass is 10.2. The van der Waals surface area contributed by atoms with Gasteiger partial charge in [-0.1, -0.05) is 0 Å². The minimum atomic E-state index is 0.206. The van der Waals surface area contributed by atoms with Crippen LogP contribution in [0.15, 0.2) is 18.2 Å². The van der Waals surface area contributed by atoms with Gasteiger partial charge in [0.1, 0.15) is 11.5 Å². The molecule has 25 heavy (non-hydrogen) atoms. The molecule has 1 aromatic heterocycles. The third kappa shape index (κ3) is 5.37. The summed E-state index contributed by atoms with van der Waals surface area (Å²) in [5.74, 6) is 2.77. The van der Waals surface area contributed by atoms with Gasteiger partial charge in [0.05, 0.1) is 19.9 Å². The highest BCUT2D eigenvalue weighted by atomic mass is 16.5. The first-order valence-corrected chi connectivity index (χ1v) is 8.19. The van der Waals surface area contributed by atoms with Gasteiger partial charge in [0.15, 0.2) is 0 Å². The van der Waals surface area contributed by atoms with Gasteiger partial charge in [-0.25, -0.2) is 0 Å². The van der Waals surface area contributed by atoms with Crippen LogP contribution in [-0.2, 0) is 0 Å². The number of ether oxygens (including phenoxy) is 2. The Morgan fingerprint density at radius 2 is 1.36 bits per heavy atom. The van der Waals surface area contributed by atoms with Gasteiger partial charge in [-0.15, -0.1) is 0 Å². The van der Waals surface area contributed by atoms with Gasteiger partial charge in [0.2, 0.25) is 17.8 Å². The maximum absolute atomic E-state index is 5.40. The second kappa shape index (κ2) is 8.36. The second-order valence-corrected chi connectivity index (χ2v) is 6.10. The van der Waals surface area contributed by atoms with Crippen LogP contribution < -0.4 is 25.4 Å². The third-order valence-electron chi connectivity index (χ3n) is 3.13. The molecule has 0 bridgehead atoms. The molecule has 1 aromatic carbocycles. The van der Waals surface area contributed by atoms with Crippen molar-refractivity contribution >= 4 is 23.5 Å². The predicted octanol–water partition coefficient (Wildman–Crippen LogP) is 3.27. The molecule has 0 aliphatic carbocycles. The highest BCUT2D eigenvalue weighted by Gasteiger charge is 2.11. The fourth-order valence-corrected chi connectivity index (χ4v) is 2.10. The predicted molar refractivity (Wildman–Crippen MR) is 100 cm³/mol. The van der Waals surface area contributed by atoms with Crippen LogP contribution in [0.25, 0.3) is 0 Å². The molecular formula is C17H26N6O2. The summed E-state index contributed by atoms with van der Waals surface area (Å²) in [5.41, 5.74) is 0.737. The molecule has 136 valence electrons. The quantitative estimate of drug-likeness (QED) is 0.670. The molecule has 0 atom stereocenters. The van der Waals surface area contributed by atoms with E-state index >= 15 is 0 Å². The van der Waals surface area contributed by atoms with Gasteiger partial charge in [0, 0.05) is 18.2 Å². The Bertz CT molecular complexity index is 677. The van der Waals surface area contributed by atoms with E-state index in [-0.39, 0.29) is 12.1 Å². The van der Waals surface area contributed by atoms with Crippen molar-refractivity contribution in [2.45, 2.75) is 39.8 Å². The van der Waals surface area contributed by atoms with E-state index in [1.165, 1.54) is 0 Å². The number of anilines is 4. The summed E-state index contributed by atoms with van der Waals surface area (Å²) < 4.78 is 10.6. The number of benzene rings is 1. The van der Waals surface area contributed by atoms with Crippen molar-refractivity contribution in [3.05, 3.63) is 18.2 Å². The molecular weight excluding hydrogens is 320 g/mol. The van der Waals surface area contributed by atoms with Crippen LogP contribution in [0.2, 0.25) is 0 Å². The monoisotopic (exact) mass is 346 g/mol. The molecule has 0 saturated heterocycles. The largest absolute Gasteiger partial charge is 0.497 e. The van der Waals surface area contributed by atoms with Crippen molar-refractivity contribution in [2.24, 2.45) is 0 Å². The van der Waals surface area contributed by atoms with Crippen LogP contribution in [0, 0.1) is 0 Å². The Morgan fingerprint density at radius 3 is 1.84 bits per heavy atom. The van der Waals surface area contributed by atoms with Gasteiger partial charge < -0.3 is 25.4 Å². The fourth-order valence-electron chi connectivity index (χ4n) is 2.10. The van der Waals surface area contributed by atoms with Crippen LogP contribution in [0.1, 0.15) is 27.7 Å². The molecule has 0 saturated carbocycles. The zero-order valence-corrected chi connectivity index (χ0v) is 15.5. The molecule has 3 N–H and O–H groups in total. The van der Waals surface area contributed by atoms with Crippen LogP contribution in [0.4, 0.5) is 23.5 Å². The molecule has 0 fully saturated rings. The molecule has 1 heterocycles. The lowest BCUT2D eigenvalue weighted by Crippen LogP contribution is -2.18. The van der Waals surface area contributed by atoms with E-state index < -0.39 is 0 Å². The maximum Gasteiger partial charge on any atom is 0.233 e. The number of aromatic nitrogens is 3. The van der Waals surface area contributed by atoms with E-state index in [1.54, 1.807) is 20.3 Å². The molecule has 2 aromatic rings. The molecule has 0 unspecified atom stereocenters. The van der Waals surface area contributed by atoms with Crippen molar-refractivity contribution in [3.63, 3.8) is 0 Å². The van der Waals surface area contributed by atoms with Gasteiger partial charge in [-0.3, -0.25) is 0 Å². The van der Waals surface area contributed by atoms with Gasteiger partial charge in [0.25, 0.3) is 0 Å². The number of rotatable bonds is 8.